The minimum absolute atomic E-state index is 0.485. The molecule has 0 amide bonds. The lowest BCUT2D eigenvalue weighted by atomic mass is 9.88. The Morgan fingerprint density at radius 3 is 2.65 bits per heavy atom. The first-order valence-corrected chi connectivity index (χ1v) is 10.3. The summed E-state index contributed by atoms with van der Waals surface area (Å²) in [6.45, 7) is 8.95. The minimum Gasteiger partial charge on any atom is -0.493 e. The smallest absolute Gasteiger partial charge is 0.161 e. The standard InChI is InChI=1S/C22H34N2O2/c1-15(2)9-18-12-24-8-7-17-10-22(26-14-16-5-6-16)21(25-4)11-19(17)20(24)13-23(18)3/h10-11,15-16,18,20H,5-9,12-14H2,1-4H3/t18-,20?/m1/s1. The summed E-state index contributed by atoms with van der Waals surface area (Å²) in [6, 6.07) is 5.67. The van der Waals surface area contributed by atoms with E-state index in [2.05, 4.69) is 42.8 Å². The molecular weight excluding hydrogens is 324 g/mol. The van der Waals surface area contributed by atoms with E-state index < -0.39 is 0 Å². The van der Waals surface area contributed by atoms with Gasteiger partial charge < -0.3 is 14.4 Å². The highest BCUT2D eigenvalue weighted by Gasteiger charge is 2.37. The molecule has 1 saturated carbocycles. The third-order valence-electron chi connectivity index (χ3n) is 6.34. The number of hydrogen-bond acceptors (Lipinski definition) is 4. The molecular formula is C22H34N2O2. The summed E-state index contributed by atoms with van der Waals surface area (Å²) in [5.41, 5.74) is 2.90. The van der Waals surface area contributed by atoms with Crippen molar-refractivity contribution in [1.82, 2.24) is 9.80 Å². The van der Waals surface area contributed by atoms with Gasteiger partial charge in [-0.15, -0.1) is 0 Å². The summed E-state index contributed by atoms with van der Waals surface area (Å²) in [4.78, 5) is 5.26. The van der Waals surface area contributed by atoms with Gasteiger partial charge in [-0.25, -0.2) is 0 Å². The quantitative estimate of drug-likeness (QED) is 0.773. The van der Waals surface area contributed by atoms with E-state index in [1.807, 2.05) is 0 Å². The maximum absolute atomic E-state index is 6.09. The number of piperazine rings is 1. The molecule has 2 aliphatic heterocycles. The third kappa shape index (κ3) is 3.72. The second kappa shape index (κ2) is 7.40. The molecule has 1 aromatic rings. The van der Waals surface area contributed by atoms with Crippen LogP contribution in [0.25, 0.3) is 0 Å². The van der Waals surface area contributed by atoms with Gasteiger partial charge in [0.2, 0.25) is 0 Å². The number of ether oxygens (including phenoxy) is 2. The summed E-state index contributed by atoms with van der Waals surface area (Å²) in [5.74, 6) is 3.35. The Morgan fingerprint density at radius 1 is 1.15 bits per heavy atom. The molecule has 1 aromatic carbocycles. The van der Waals surface area contributed by atoms with E-state index in [0.29, 0.717) is 12.1 Å². The van der Waals surface area contributed by atoms with Crippen LogP contribution in [0.15, 0.2) is 12.1 Å². The van der Waals surface area contributed by atoms with Crippen LogP contribution in [0.1, 0.15) is 50.3 Å². The molecule has 26 heavy (non-hydrogen) atoms. The normalized spacial score (nSPS) is 26.5. The number of likely N-dealkylation sites (N-methyl/N-ethyl adjacent to an activating group) is 1. The zero-order valence-corrected chi connectivity index (χ0v) is 16.8. The van der Waals surface area contributed by atoms with E-state index in [0.717, 1.165) is 49.5 Å². The lowest BCUT2D eigenvalue weighted by Crippen LogP contribution is -2.55. The summed E-state index contributed by atoms with van der Waals surface area (Å²) in [6.07, 6.45) is 5.03. The molecule has 0 radical (unpaired) electrons. The molecule has 1 unspecified atom stereocenters. The second-order valence-corrected chi connectivity index (χ2v) is 8.94. The predicted molar refractivity (Wildman–Crippen MR) is 105 cm³/mol. The van der Waals surface area contributed by atoms with Crippen molar-refractivity contribution in [3.05, 3.63) is 23.3 Å². The summed E-state index contributed by atoms with van der Waals surface area (Å²) >= 11 is 0. The van der Waals surface area contributed by atoms with Gasteiger partial charge in [0.25, 0.3) is 0 Å². The Hall–Kier alpha value is -1.26. The lowest BCUT2D eigenvalue weighted by molar-refractivity contribution is 0.0294. The van der Waals surface area contributed by atoms with Gasteiger partial charge in [-0.3, -0.25) is 4.90 Å². The zero-order chi connectivity index (χ0) is 18.3. The fourth-order valence-corrected chi connectivity index (χ4v) is 4.59. The van der Waals surface area contributed by atoms with E-state index in [9.17, 15) is 0 Å². The van der Waals surface area contributed by atoms with Crippen LogP contribution in [0, 0.1) is 11.8 Å². The van der Waals surface area contributed by atoms with Crippen molar-refractivity contribution in [3.63, 3.8) is 0 Å². The molecule has 1 aliphatic carbocycles. The van der Waals surface area contributed by atoms with E-state index in [1.54, 1.807) is 7.11 Å². The largest absolute Gasteiger partial charge is 0.493 e. The fraction of sp³-hybridized carbons (Fsp3) is 0.727. The molecule has 4 rings (SSSR count). The van der Waals surface area contributed by atoms with Crippen molar-refractivity contribution in [2.24, 2.45) is 11.8 Å². The first kappa shape index (κ1) is 18.1. The van der Waals surface area contributed by atoms with Crippen molar-refractivity contribution >= 4 is 0 Å². The number of methoxy groups -OCH3 is 1. The van der Waals surface area contributed by atoms with Crippen LogP contribution in [0.2, 0.25) is 0 Å². The average Bonchev–Trinajstić information content (AvgIpc) is 3.44. The molecule has 4 nitrogen and oxygen atoms in total. The summed E-state index contributed by atoms with van der Waals surface area (Å²) < 4.78 is 11.8. The Labute approximate surface area is 158 Å². The molecule has 0 bridgehead atoms. The van der Waals surface area contributed by atoms with Gasteiger partial charge in [0, 0.05) is 31.7 Å². The minimum atomic E-state index is 0.485. The van der Waals surface area contributed by atoms with Crippen LogP contribution < -0.4 is 9.47 Å². The summed E-state index contributed by atoms with van der Waals surface area (Å²) in [7, 11) is 4.06. The number of nitrogens with zero attached hydrogens (tertiary/aromatic N) is 2. The molecule has 3 aliphatic rings. The number of hydrogen-bond donors (Lipinski definition) is 0. The van der Waals surface area contributed by atoms with Crippen LogP contribution in [0.5, 0.6) is 11.5 Å². The van der Waals surface area contributed by atoms with Gasteiger partial charge in [0.1, 0.15) is 0 Å². The van der Waals surface area contributed by atoms with Gasteiger partial charge in [0.05, 0.1) is 13.7 Å². The molecule has 4 heteroatoms. The molecule has 2 fully saturated rings. The van der Waals surface area contributed by atoms with E-state index >= 15 is 0 Å². The molecule has 2 atom stereocenters. The van der Waals surface area contributed by atoms with Gasteiger partial charge in [-0.05, 0) is 67.8 Å². The van der Waals surface area contributed by atoms with E-state index in [1.165, 1.54) is 36.9 Å². The van der Waals surface area contributed by atoms with Gasteiger partial charge in [-0.1, -0.05) is 13.8 Å². The third-order valence-corrected chi connectivity index (χ3v) is 6.34. The van der Waals surface area contributed by atoms with Gasteiger partial charge in [-0.2, -0.15) is 0 Å². The number of fused-ring (bicyclic) bond motifs is 3. The fourth-order valence-electron chi connectivity index (χ4n) is 4.59. The van der Waals surface area contributed by atoms with E-state index in [4.69, 9.17) is 9.47 Å². The van der Waals surface area contributed by atoms with Crippen LogP contribution in [0.3, 0.4) is 0 Å². The Balaban J connectivity index is 1.55. The predicted octanol–water partition coefficient (Wildman–Crippen LogP) is 3.74. The van der Waals surface area contributed by atoms with Crippen molar-refractivity contribution in [3.8, 4) is 11.5 Å². The molecule has 0 aromatic heterocycles. The molecule has 0 spiro atoms. The van der Waals surface area contributed by atoms with Crippen LogP contribution >= 0.6 is 0 Å². The highest BCUT2D eigenvalue weighted by atomic mass is 16.5. The molecule has 144 valence electrons. The zero-order valence-electron chi connectivity index (χ0n) is 16.8. The topological polar surface area (TPSA) is 24.9 Å². The van der Waals surface area contributed by atoms with Crippen molar-refractivity contribution in [2.45, 2.75) is 51.6 Å². The Morgan fingerprint density at radius 2 is 1.96 bits per heavy atom. The maximum Gasteiger partial charge on any atom is 0.161 e. The second-order valence-electron chi connectivity index (χ2n) is 8.94. The van der Waals surface area contributed by atoms with Crippen molar-refractivity contribution < 1.29 is 9.47 Å². The van der Waals surface area contributed by atoms with Crippen LogP contribution in [0.4, 0.5) is 0 Å². The lowest BCUT2D eigenvalue weighted by Gasteiger charge is -2.48. The molecule has 1 saturated heterocycles. The monoisotopic (exact) mass is 358 g/mol. The SMILES string of the molecule is COc1cc2c(cc1OCC1CC1)CCN1C[C@@H](CC(C)C)N(C)CC21. The number of rotatable bonds is 6. The van der Waals surface area contributed by atoms with E-state index in [-0.39, 0.29) is 0 Å². The first-order chi connectivity index (χ1) is 12.5. The highest BCUT2D eigenvalue weighted by molar-refractivity contribution is 5.49. The van der Waals surface area contributed by atoms with Crippen LogP contribution in [-0.2, 0) is 6.42 Å². The Bertz CT molecular complexity index is 641. The summed E-state index contributed by atoms with van der Waals surface area (Å²) in [5, 5.41) is 0. The molecule has 2 heterocycles. The van der Waals surface area contributed by atoms with Gasteiger partial charge in [0.15, 0.2) is 11.5 Å². The Kier molecular flexibility index (Phi) is 5.15. The first-order valence-electron chi connectivity index (χ1n) is 10.3. The maximum atomic E-state index is 6.09. The molecule has 0 N–H and O–H groups in total. The highest BCUT2D eigenvalue weighted by Crippen LogP contribution is 2.41. The average molecular weight is 359 g/mol. The van der Waals surface area contributed by atoms with Gasteiger partial charge >= 0.3 is 0 Å². The van der Waals surface area contributed by atoms with Crippen molar-refractivity contribution in [1.29, 1.82) is 0 Å². The number of benzene rings is 1. The van der Waals surface area contributed by atoms with Crippen molar-refractivity contribution in [2.75, 3.05) is 40.4 Å². The van der Waals surface area contributed by atoms with Crippen LogP contribution in [-0.4, -0.2) is 56.2 Å².